The molecule has 7 heteroatoms. The molecule has 0 unspecified atom stereocenters. The Morgan fingerprint density at radius 1 is 1.10 bits per heavy atom. The molecule has 164 valence electrons. The lowest BCUT2D eigenvalue weighted by Crippen LogP contribution is -2.48. The summed E-state index contributed by atoms with van der Waals surface area (Å²) in [5.41, 5.74) is 1.47. The summed E-state index contributed by atoms with van der Waals surface area (Å²) in [6.45, 7) is 7.35. The summed E-state index contributed by atoms with van der Waals surface area (Å²) in [7, 11) is 1.58. The molecule has 2 amide bonds. The van der Waals surface area contributed by atoms with E-state index >= 15 is 0 Å². The maximum Gasteiger partial charge on any atom is 0.242 e. The van der Waals surface area contributed by atoms with Gasteiger partial charge in [-0.25, -0.2) is 0 Å². The molecule has 0 saturated carbocycles. The fraction of sp³-hybridized carbons (Fsp3) is 0.478. The van der Waals surface area contributed by atoms with Crippen LogP contribution in [0.5, 0.6) is 0 Å². The summed E-state index contributed by atoms with van der Waals surface area (Å²) >= 11 is 7.65. The third-order valence-corrected chi connectivity index (χ3v) is 6.64. The number of aryl methyl sites for hydroxylation is 1. The van der Waals surface area contributed by atoms with Gasteiger partial charge in [-0.1, -0.05) is 30.3 Å². The molecular weight excluding hydrogens is 420 g/mol. The van der Waals surface area contributed by atoms with Gasteiger partial charge in [0.25, 0.3) is 0 Å². The number of carbonyl (C=O) groups is 2. The van der Waals surface area contributed by atoms with Crippen LogP contribution in [0.2, 0.25) is 0 Å². The van der Waals surface area contributed by atoms with E-state index in [0.717, 1.165) is 10.4 Å². The molecule has 0 atom stereocenters. The molecule has 0 spiro atoms. The smallest absolute Gasteiger partial charge is 0.242 e. The van der Waals surface area contributed by atoms with E-state index in [9.17, 15) is 9.59 Å². The van der Waals surface area contributed by atoms with Crippen LogP contribution in [0.4, 0.5) is 0 Å². The highest BCUT2D eigenvalue weighted by molar-refractivity contribution is 7.10. The van der Waals surface area contributed by atoms with Gasteiger partial charge in [0.15, 0.2) is 0 Å². The topological polar surface area (TPSA) is 49.9 Å². The van der Waals surface area contributed by atoms with Gasteiger partial charge in [-0.3, -0.25) is 9.59 Å². The Morgan fingerprint density at radius 2 is 1.80 bits per heavy atom. The van der Waals surface area contributed by atoms with Gasteiger partial charge in [0.1, 0.15) is 0 Å². The highest BCUT2D eigenvalue weighted by Gasteiger charge is 2.33. The van der Waals surface area contributed by atoms with Crippen molar-refractivity contribution in [1.29, 1.82) is 0 Å². The van der Waals surface area contributed by atoms with Gasteiger partial charge in [-0.2, -0.15) is 0 Å². The number of hydrogen-bond donors (Lipinski definition) is 0. The molecule has 0 bridgehead atoms. The van der Waals surface area contributed by atoms with Crippen LogP contribution in [-0.4, -0.2) is 54.3 Å². The summed E-state index contributed by atoms with van der Waals surface area (Å²) in [5.74, 6) is -0.0534. The van der Waals surface area contributed by atoms with Gasteiger partial charge >= 0.3 is 0 Å². The quantitative estimate of drug-likeness (QED) is 0.479. The first-order chi connectivity index (χ1) is 14.3. The Kier molecular flexibility index (Phi) is 9.34. The number of rotatable bonds is 11. The Morgan fingerprint density at radius 3 is 2.37 bits per heavy atom. The van der Waals surface area contributed by atoms with Crippen molar-refractivity contribution >= 4 is 34.8 Å². The molecule has 0 aliphatic heterocycles. The van der Waals surface area contributed by atoms with E-state index in [1.807, 2.05) is 40.6 Å². The van der Waals surface area contributed by atoms with E-state index < -0.39 is 5.41 Å². The monoisotopic (exact) mass is 450 g/mol. The molecule has 2 rings (SSSR count). The Balaban J connectivity index is 2.22. The Bertz CT molecular complexity index is 823. The summed E-state index contributed by atoms with van der Waals surface area (Å²) in [6, 6.07) is 12.0. The van der Waals surface area contributed by atoms with E-state index in [0.29, 0.717) is 26.2 Å². The third kappa shape index (κ3) is 6.83. The van der Waals surface area contributed by atoms with Gasteiger partial charge in [0.2, 0.25) is 11.8 Å². The molecule has 0 aliphatic carbocycles. The van der Waals surface area contributed by atoms with E-state index in [1.165, 1.54) is 5.56 Å². The van der Waals surface area contributed by atoms with Crippen LogP contribution < -0.4 is 0 Å². The van der Waals surface area contributed by atoms with Crippen molar-refractivity contribution in [3.05, 3.63) is 57.8 Å². The first kappa shape index (κ1) is 24.4. The van der Waals surface area contributed by atoms with Crippen LogP contribution in [0.15, 0.2) is 41.8 Å². The number of hydrogen-bond acceptors (Lipinski definition) is 4. The summed E-state index contributed by atoms with van der Waals surface area (Å²) in [6.07, 6.45) is 0. The van der Waals surface area contributed by atoms with Gasteiger partial charge in [0.05, 0.1) is 25.1 Å². The number of halogens is 1. The molecular formula is C23H31ClN2O3S. The van der Waals surface area contributed by atoms with Crippen molar-refractivity contribution in [2.75, 3.05) is 32.7 Å². The van der Waals surface area contributed by atoms with E-state index in [2.05, 4.69) is 13.0 Å². The molecule has 0 radical (unpaired) electrons. The lowest BCUT2D eigenvalue weighted by Gasteiger charge is -2.32. The summed E-state index contributed by atoms with van der Waals surface area (Å²) in [5, 5.41) is 2.03. The third-order valence-electron chi connectivity index (χ3n) is 4.96. The highest BCUT2D eigenvalue weighted by Crippen LogP contribution is 2.22. The first-order valence-corrected chi connectivity index (χ1v) is 11.4. The van der Waals surface area contributed by atoms with Crippen LogP contribution in [-0.2, 0) is 27.4 Å². The maximum atomic E-state index is 13.3. The summed E-state index contributed by atoms with van der Waals surface area (Å²) in [4.78, 5) is 30.9. The van der Waals surface area contributed by atoms with E-state index in [1.54, 1.807) is 37.2 Å². The SMILES string of the molecule is COCCN(CC(=O)N(Cc1ccccc1)Cc1sccc1C)C(=O)C(C)(C)CCl. The minimum absolute atomic E-state index is 0.000230. The zero-order chi connectivity index (χ0) is 22.1. The number of methoxy groups -OCH3 is 1. The van der Waals surface area contributed by atoms with Crippen molar-refractivity contribution in [2.45, 2.75) is 33.9 Å². The van der Waals surface area contributed by atoms with Crippen molar-refractivity contribution in [3.8, 4) is 0 Å². The number of nitrogens with zero attached hydrogens (tertiary/aromatic N) is 2. The molecule has 0 fully saturated rings. The van der Waals surface area contributed by atoms with Crippen molar-refractivity contribution in [1.82, 2.24) is 9.80 Å². The molecule has 0 saturated heterocycles. The Hall–Kier alpha value is -1.89. The number of ether oxygens (including phenoxy) is 1. The number of benzene rings is 1. The lowest BCUT2D eigenvalue weighted by molar-refractivity contribution is -0.146. The van der Waals surface area contributed by atoms with Crippen molar-refractivity contribution < 1.29 is 14.3 Å². The average molecular weight is 451 g/mol. The molecule has 0 N–H and O–H groups in total. The van der Waals surface area contributed by atoms with Crippen LogP contribution in [0.1, 0.15) is 29.9 Å². The van der Waals surface area contributed by atoms with Gasteiger partial charge in [0, 0.05) is 31.0 Å². The van der Waals surface area contributed by atoms with Gasteiger partial charge in [-0.05, 0) is 43.3 Å². The molecule has 2 aromatic rings. The molecule has 1 heterocycles. The molecule has 5 nitrogen and oxygen atoms in total. The number of carbonyl (C=O) groups excluding carboxylic acids is 2. The second-order valence-electron chi connectivity index (χ2n) is 8.00. The number of thiophene rings is 1. The first-order valence-electron chi connectivity index (χ1n) is 9.97. The zero-order valence-electron chi connectivity index (χ0n) is 18.2. The zero-order valence-corrected chi connectivity index (χ0v) is 19.8. The maximum absolute atomic E-state index is 13.3. The van der Waals surface area contributed by atoms with Crippen LogP contribution >= 0.6 is 22.9 Å². The van der Waals surface area contributed by atoms with E-state index in [-0.39, 0.29) is 24.2 Å². The molecule has 30 heavy (non-hydrogen) atoms. The minimum Gasteiger partial charge on any atom is -0.383 e. The molecule has 1 aromatic carbocycles. The molecule has 1 aromatic heterocycles. The highest BCUT2D eigenvalue weighted by atomic mass is 35.5. The van der Waals surface area contributed by atoms with Crippen LogP contribution in [0.25, 0.3) is 0 Å². The predicted octanol–water partition coefficient (Wildman–Crippen LogP) is 4.33. The van der Waals surface area contributed by atoms with Crippen LogP contribution in [0, 0.1) is 12.3 Å². The van der Waals surface area contributed by atoms with Gasteiger partial charge < -0.3 is 14.5 Å². The van der Waals surface area contributed by atoms with Crippen molar-refractivity contribution in [3.63, 3.8) is 0 Å². The van der Waals surface area contributed by atoms with Gasteiger partial charge in [-0.15, -0.1) is 22.9 Å². The van der Waals surface area contributed by atoms with Crippen molar-refractivity contribution in [2.24, 2.45) is 5.41 Å². The standard InChI is InChI=1S/C23H31ClN2O3S/c1-18-10-13-30-20(18)15-26(14-19-8-6-5-7-9-19)21(27)16-25(11-12-29-4)22(28)23(2,3)17-24/h5-10,13H,11-12,14-17H2,1-4H3. The predicted molar refractivity (Wildman–Crippen MR) is 123 cm³/mol. The fourth-order valence-electron chi connectivity index (χ4n) is 2.98. The lowest BCUT2D eigenvalue weighted by atomic mass is 9.94. The number of amides is 2. The second kappa shape index (κ2) is 11.5. The Labute approximate surface area is 188 Å². The number of alkyl halides is 1. The normalized spacial score (nSPS) is 11.4. The largest absolute Gasteiger partial charge is 0.383 e. The fourth-order valence-corrected chi connectivity index (χ4v) is 4.01. The second-order valence-corrected chi connectivity index (χ2v) is 9.27. The molecule has 0 aliphatic rings. The summed E-state index contributed by atoms with van der Waals surface area (Å²) < 4.78 is 5.16. The van der Waals surface area contributed by atoms with Crippen LogP contribution in [0.3, 0.4) is 0 Å². The average Bonchev–Trinajstić information content (AvgIpc) is 3.15. The van der Waals surface area contributed by atoms with E-state index in [4.69, 9.17) is 16.3 Å². The minimum atomic E-state index is -0.746.